The molecule has 3 heteroatoms. The van der Waals surface area contributed by atoms with Crippen LogP contribution >= 0.6 is 15.9 Å². The molecular weight excluding hydrogens is 290 g/mol. The van der Waals surface area contributed by atoms with E-state index in [1.54, 1.807) is 7.11 Å². The third-order valence-electron chi connectivity index (χ3n) is 3.12. The largest absolute Gasteiger partial charge is 0.383 e. The van der Waals surface area contributed by atoms with Crippen LogP contribution in [0.4, 0.5) is 0 Å². The molecule has 0 aliphatic rings. The summed E-state index contributed by atoms with van der Waals surface area (Å²) in [4.78, 5) is 0. The van der Waals surface area contributed by atoms with Gasteiger partial charge in [-0.25, -0.2) is 0 Å². The maximum Gasteiger partial charge on any atom is 0.0587 e. The van der Waals surface area contributed by atoms with Gasteiger partial charge in [0.25, 0.3) is 0 Å². The summed E-state index contributed by atoms with van der Waals surface area (Å²) in [6.07, 6.45) is 3.76. The van der Waals surface area contributed by atoms with E-state index < -0.39 is 0 Å². The molecule has 1 N–H and O–H groups in total. The number of halogens is 1. The average Bonchev–Trinajstić information content (AvgIpc) is 2.39. The lowest BCUT2D eigenvalue weighted by atomic mass is 9.93. The molecule has 0 bridgehead atoms. The molecule has 1 rings (SSSR count). The second-order valence-electron chi connectivity index (χ2n) is 4.56. The summed E-state index contributed by atoms with van der Waals surface area (Å²) in [5.74, 6) is 0.581. The first-order valence-corrected chi connectivity index (χ1v) is 7.53. The van der Waals surface area contributed by atoms with Gasteiger partial charge in [-0.15, -0.1) is 0 Å². The van der Waals surface area contributed by atoms with Crippen molar-refractivity contribution in [2.45, 2.75) is 32.1 Å². The van der Waals surface area contributed by atoms with Crippen LogP contribution in [-0.2, 0) is 4.74 Å². The molecule has 0 saturated carbocycles. The Morgan fingerprint density at radius 2 is 2.11 bits per heavy atom. The van der Waals surface area contributed by atoms with Crippen molar-refractivity contribution in [2.75, 3.05) is 26.8 Å². The molecule has 1 unspecified atom stereocenters. The minimum atomic E-state index is 0.581. The van der Waals surface area contributed by atoms with E-state index in [0.29, 0.717) is 5.92 Å². The maximum atomic E-state index is 5.06. The van der Waals surface area contributed by atoms with Gasteiger partial charge in [-0.1, -0.05) is 53.9 Å². The van der Waals surface area contributed by atoms with E-state index in [1.165, 1.54) is 29.3 Å². The number of methoxy groups -OCH3 is 1. The van der Waals surface area contributed by atoms with E-state index in [4.69, 9.17) is 4.74 Å². The Morgan fingerprint density at radius 1 is 1.33 bits per heavy atom. The summed E-state index contributed by atoms with van der Waals surface area (Å²) in [6.45, 7) is 4.96. The van der Waals surface area contributed by atoms with E-state index in [-0.39, 0.29) is 0 Å². The summed E-state index contributed by atoms with van der Waals surface area (Å²) in [5.41, 5.74) is 1.41. The molecule has 0 aromatic heterocycles. The summed E-state index contributed by atoms with van der Waals surface area (Å²) in [7, 11) is 1.74. The fraction of sp³-hybridized carbons (Fsp3) is 0.600. The monoisotopic (exact) mass is 313 g/mol. The fourth-order valence-corrected chi connectivity index (χ4v) is 2.68. The van der Waals surface area contributed by atoms with Gasteiger partial charge >= 0.3 is 0 Å². The van der Waals surface area contributed by atoms with Crippen molar-refractivity contribution < 1.29 is 4.74 Å². The molecule has 0 spiro atoms. The SMILES string of the molecule is CCCCC(CNCCOC)c1ccccc1Br. The van der Waals surface area contributed by atoms with Crippen LogP contribution < -0.4 is 5.32 Å². The Labute approximate surface area is 119 Å². The van der Waals surface area contributed by atoms with Crippen molar-refractivity contribution in [3.8, 4) is 0 Å². The smallest absolute Gasteiger partial charge is 0.0587 e. The number of ether oxygens (including phenoxy) is 1. The van der Waals surface area contributed by atoms with Crippen LogP contribution in [0.25, 0.3) is 0 Å². The molecule has 2 nitrogen and oxygen atoms in total. The molecule has 0 heterocycles. The Kier molecular flexibility index (Phi) is 8.31. The molecule has 18 heavy (non-hydrogen) atoms. The summed E-state index contributed by atoms with van der Waals surface area (Å²) in [6, 6.07) is 8.54. The predicted molar refractivity (Wildman–Crippen MR) is 81.2 cm³/mol. The van der Waals surface area contributed by atoms with E-state index >= 15 is 0 Å². The first-order valence-electron chi connectivity index (χ1n) is 6.73. The van der Waals surface area contributed by atoms with Crippen molar-refractivity contribution in [3.05, 3.63) is 34.3 Å². The fourth-order valence-electron chi connectivity index (χ4n) is 2.07. The molecule has 0 fully saturated rings. The molecule has 1 aromatic carbocycles. The zero-order valence-electron chi connectivity index (χ0n) is 11.4. The molecule has 0 radical (unpaired) electrons. The number of hydrogen-bond acceptors (Lipinski definition) is 2. The van der Waals surface area contributed by atoms with Gasteiger partial charge in [-0.05, 0) is 24.0 Å². The van der Waals surface area contributed by atoms with Crippen molar-refractivity contribution in [3.63, 3.8) is 0 Å². The molecule has 1 aromatic rings. The second-order valence-corrected chi connectivity index (χ2v) is 5.41. The summed E-state index contributed by atoms with van der Waals surface area (Å²) >= 11 is 3.66. The number of nitrogens with one attached hydrogen (secondary N) is 1. The van der Waals surface area contributed by atoms with Gasteiger partial charge < -0.3 is 10.1 Å². The first-order chi connectivity index (χ1) is 8.79. The predicted octanol–water partition coefficient (Wildman–Crippen LogP) is 3.96. The minimum absolute atomic E-state index is 0.581. The molecule has 1 atom stereocenters. The second kappa shape index (κ2) is 9.54. The van der Waals surface area contributed by atoms with Gasteiger partial charge in [0, 0.05) is 24.7 Å². The minimum Gasteiger partial charge on any atom is -0.383 e. The van der Waals surface area contributed by atoms with Gasteiger partial charge in [-0.3, -0.25) is 0 Å². The highest BCUT2D eigenvalue weighted by Crippen LogP contribution is 2.28. The van der Waals surface area contributed by atoms with E-state index in [2.05, 4.69) is 52.4 Å². The van der Waals surface area contributed by atoms with E-state index in [9.17, 15) is 0 Å². The van der Waals surface area contributed by atoms with Crippen LogP contribution in [0.1, 0.15) is 37.7 Å². The molecule has 0 saturated heterocycles. The normalized spacial score (nSPS) is 12.6. The maximum absolute atomic E-state index is 5.06. The Hall–Kier alpha value is -0.380. The van der Waals surface area contributed by atoms with Gasteiger partial charge in [-0.2, -0.15) is 0 Å². The lowest BCUT2D eigenvalue weighted by Crippen LogP contribution is -2.25. The van der Waals surface area contributed by atoms with Crippen molar-refractivity contribution in [2.24, 2.45) is 0 Å². The van der Waals surface area contributed by atoms with Crippen molar-refractivity contribution in [1.82, 2.24) is 5.32 Å². The van der Waals surface area contributed by atoms with Gasteiger partial charge in [0.1, 0.15) is 0 Å². The van der Waals surface area contributed by atoms with Crippen LogP contribution in [0.15, 0.2) is 28.7 Å². The highest BCUT2D eigenvalue weighted by atomic mass is 79.9. The van der Waals surface area contributed by atoms with Crippen molar-refractivity contribution in [1.29, 1.82) is 0 Å². The summed E-state index contributed by atoms with van der Waals surface area (Å²) in [5, 5.41) is 3.48. The Morgan fingerprint density at radius 3 is 2.78 bits per heavy atom. The van der Waals surface area contributed by atoms with Crippen LogP contribution in [0.2, 0.25) is 0 Å². The first kappa shape index (κ1) is 15.7. The summed E-state index contributed by atoms with van der Waals surface area (Å²) < 4.78 is 6.28. The van der Waals surface area contributed by atoms with Crippen molar-refractivity contribution >= 4 is 15.9 Å². The zero-order chi connectivity index (χ0) is 13.2. The standard InChI is InChI=1S/C15H24BrNO/c1-3-4-7-13(12-17-10-11-18-2)14-8-5-6-9-15(14)16/h5-6,8-9,13,17H,3-4,7,10-12H2,1-2H3. The van der Waals surface area contributed by atoms with E-state index in [0.717, 1.165) is 19.7 Å². The topological polar surface area (TPSA) is 21.3 Å². The average molecular weight is 314 g/mol. The highest BCUT2D eigenvalue weighted by Gasteiger charge is 2.13. The Bertz CT molecular complexity index is 330. The van der Waals surface area contributed by atoms with Crippen LogP contribution in [-0.4, -0.2) is 26.8 Å². The molecule has 102 valence electrons. The van der Waals surface area contributed by atoms with Crippen LogP contribution in [0, 0.1) is 0 Å². The highest BCUT2D eigenvalue weighted by molar-refractivity contribution is 9.10. The van der Waals surface area contributed by atoms with Crippen LogP contribution in [0.5, 0.6) is 0 Å². The molecule has 0 aliphatic heterocycles. The lowest BCUT2D eigenvalue weighted by Gasteiger charge is -2.19. The number of hydrogen-bond donors (Lipinski definition) is 1. The number of unbranched alkanes of at least 4 members (excludes halogenated alkanes) is 1. The molecular formula is C15H24BrNO. The Balaban J connectivity index is 2.57. The third kappa shape index (κ3) is 5.51. The van der Waals surface area contributed by atoms with Crippen LogP contribution in [0.3, 0.4) is 0 Å². The quantitative estimate of drug-likeness (QED) is 0.697. The molecule has 0 aliphatic carbocycles. The van der Waals surface area contributed by atoms with Gasteiger partial charge in [0.2, 0.25) is 0 Å². The zero-order valence-corrected chi connectivity index (χ0v) is 13.0. The lowest BCUT2D eigenvalue weighted by molar-refractivity contribution is 0.198. The van der Waals surface area contributed by atoms with Gasteiger partial charge in [0.15, 0.2) is 0 Å². The van der Waals surface area contributed by atoms with Gasteiger partial charge in [0.05, 0.1) is 6.61 Å². The third-order valence-corrected chi connectivity index (χ3v) is 3.85. The van der Waals surface area contributed by atoms with E-state index in [1.807, 2.05) is 0 Å². The number of benzene rings is 1. The molecule has 0 amide bonds. The number of rotatable bonds is 9.